The minimum Gasteiger partial charge on any atom is -0.364 e. The van der Waals surface area contributed by atoms with Gasteiger partial charge in [-0.25, -0.2) is 0 Å². The number of hydrogen-bond acceptors (Lipinski definition) is 6. The predicted octanol–water partition coefficient (Wildman–Crippen LogP) is -2.85. The molecule has 0 heterocycles. The summed E-state index contributed by atoms with van der Waals surface area (Å²) >= 11 is 0. The number of rotatable bonds is 4. The van der Waals surface area contributed by atoms with Gasteiger partial charge in [0.2, 0.25) is 18.9 Å². The molecule has 4 N–H and O–H groups in total. The third kappa shape index (κ3) is 3.49. The summed E-state index contributed by atoms with van der Waals surface area (Å²) in [7, 11) is 0. The Morgan fingerprint density at radius 1 is 1.20 bits per heavy atom. The van der Waals surface area contributed by atoms with Crippen molar-refractivity contribution in [1.29, 1.82) is 0 Å². The molecule has 0 aliphatic rings. The van der Waals surface area contributed by atoms with Crippen LogP contribution in [0.1, 0.15) is 0 Å². The van der Waals surface area contributed by atoms with E-state index in [1.807, 2.05) is 0 Å². The van der Waals surface area contributed by atoms with E-state index in [9.17, 15) is 4.79 Å². The predicted molar refractivity (Wildman–Crippen MR) is 27.4 cm³/mol. The molecule has 0 amide bonds. The molecule has 10 heavy (non-hydrogen) atoms. The molecule has 0 aromatic heterocycles. The summed E-state index contributed by atoms with van der Waals surface area (Å²) in [5.41, 5.74) is 0. The largest absolute Gasteiger partial charge is 0.364 e. The molecule has 60 valence electrons. The van der Waals surface area contributed by atoms with E-state index in [0.29, 0.717) is 0 Å². The van der Waals surface area contributed by atoms with Crippen molar-refractivity contribution in [1.82, 2.24) is 0 Å². The molecule has 0 aromatic rings. The fourth-order valence-corrected chi connectivity index (χ4v) is 0.245. The summed E-state index contributed by atoms with van der Waals surface area (Å²) in [6, 6.07) is 0. The smallest absolute Gasteiger partial charge is 0.214 e. The van der Waals surface area contributed by atoms with Crippen LogP contribution in [0.15, 0.2) is 0 Å². The standard InChI is InChI=1S/C4H8O6/c5-1-2(6)10-4(9)3(7)8/h1-4,6-9H. The maximum Gasteiger partial charge on any atom is 0.214 e. The molecule has 0 spiro atoms. The highest BCUT2D eigenvalue weighted by molar-refractivity contribution is 5.53. The Bertz CT molecular complexity index is 102. The first-order valence-corrected chi connectivity index (χ1v) is 2.41. The molecule has 0 aliphatic carbocycles. The number of hydrogen-bond donors (Lipinski definition) is 4. The van der Waals surface area contributed by atoms with Gasteiger partial charge in [-0.3, -0.25) is 4.79 Å². The number of ether oxygens (including phenoxy) is 1. The highest BCUT2D eigenvalue weighted by Gasteiger charge is 2.16. The van der Waals surface area contributed by atoms with Crippen molar-refractivity contribution in [3.63, 3.8) is 0 Å². The lowest BCUT2D eigenvalue weighted by Crippen LogP contribution is -2.32. The first-order chi connectivity index (χ1) is 4.57. The van der Waals surface area contributed by atoms with Crippen LogP contribution in [0.4, 0.5) is 0 Å². The molecule has 0 aliphatic heterocycles. The van der Waals surface area contributed by atoms with Crippen molar-refractivity contribution in [2.24, 2.45) is 0 Å². The first kappa shape index (κ1) is 9.47. The SMILES string of the molecule is O=CC(O)OC(O)C(O)O. The monoisotopic (exact) mass is 152 g/mol. The lowest BCUT2D eigenvalue weighted by Gasteiger charge is -2.13. The van der Waals surface area contributed by atoms with E-state index in [2.05, 4.69) is 4.74 Å². The van der Waals surface area contributed by atoms with Crippen LogP contribution in [0.3, 0.4) is 0 Å². The molecule has 0 saturated carbocycles. The molecule has 2 unspecified atom stereocenters. The van der Waals surface area contributed by atoms with Crippen molar-refractivity contribution < 1.29 is 30.0 Å². The second-order valence-corrected chi connectivity index (χ2v) is 1.47. The number of carbonyl (C=O) groups is 1. The Hall–Kier alpha value is -0.530. The van der Waals surface area contributed by atoms with Crippen molar-refractivity contribution in [2.75, 3.05) is 0 Å². The third-order valence-electron chi connectivity index (χ3n) is 0.650. The first-order valence-electron chi connectivity index (χ1n) is 2.41. The second-order valence-electron chi connectivity index (χ2n) is 1.47. The summed E-state index contributed by atoms with van der Waals surface area (Å²) < 4.78 is 3.90. The summed E-state index contributed by atoms with van der Waals surface area (Å²) in [5, 5.41) is 32.9. The van der Waals surface area contributed by atoms with Crippen LogP contribution < -0.4 is 0 Å². The molecule has 0 aromatic carbocycles. The van der Waals surface area contributed by atoms with E-state index in [-0.39, 0.29) is 6.29 Å². The van der Waals surface area contributed by atoms with Gasteiger partial charge in [-0.2, -0.15) is 0 Å². The zero-order valence-corrected chi connectivity index (χ0v) is 4.91. The molecular formula is C4H8O6. The van der Waals surface area contributed by atoms with Gasteiger partial charge in [0.25, 0.3) is 0 Å². The van der Waals surface area contributed by atoms with Crippen LogP contribution in [0.5, 0.6) is 0 Å². The van der Waals surface area contributed by atoms with Crippen molar-refractivity contribution in [3.05, 3.63) is 0 Å². The highest BCUT2D eigenvalue weighted by Crippen LogP contribution is 1.93. The molecule has 0 saturated heterocycles. The molecule has 6 heteroatoms. The summed E-state index contributed by atoms with van der Waals surface area (Å²) in [6.45, 7) is 0. The molecular weight excluding hydrogens is 144 g/mol. The zero-order valence-electron chi connectivity index (χ0n) is 4.91. The molecule has 0 fully saturated rings. The lowest BCUT2D eigenvalue weighted by molar-refractivity contribution is -0.272. The van der Waals surface area contributed by atoms with Gasteiger partial charge in [-0.1, -0.05) is 0 Å². The Morgan fingerprint density at radius 3 is 2.00 bits per heavy atom. The van der Waals surface area contributed by atoms with Gasteiger partial charge in [0.1, 0.15) is 0 Å². The Morgan fingerprint density at radius 2 is 1.70 bits per heavy atom. The Kier molecular flexibility index (Phi) is 4.08. The molecule has 0 radical (unpaired) electrons. The van der Waals surface area contributed by atoms with E-state index >= 15 is 0 Å². The average Bonchev–Trinajstić information content (AvgIpc) is 1.87. The van der Waals surface area contributed by atoms with Crippen LogP contribution in [0, 0.1) is 0 Å². The van der Waals surface area contributed by atoms with Crippen LogP contribution >= 0.6 is 0 Å². The van der Waals surface area contributed by atoms with Crippen molar-refractivity contribution in [2.45, 2.75) is 18.9 Å². The van der Waals surface area contributed by atoms with Crippen LogP contribution in [0.2, 0.25) is 0 Å². The third-order valence-corrected chi connectivity index (χ3v) is 0.650. The van der Waals surface area contributed by atoms with E-state index in [1.54, 1.807) is 0 Å². The highest BCUT2D eigenvalue weighted by atomic mass is 16.7. The second kappa shape index (κ2) is 4.31. The maximum atomic E-state index is 9.61. The van der Waals surface area contributed by atoms with Gasteiger partial charge in [0.05, 0.1) is 0 Å². The van der Waals surface area contributed by atoms with E-state index in [1.165, 1.54) is 0 Å². The number of carbonyl (C=O) groups excluding carboxylic acids is 1. The maximum absolute atomic E-state index is 9.61. The summed E-state index contributed by atoms with van der Waals surface area (Å²) in [4.78, 5) is 9.61. The zero-order chi connectivity index (χ0) is 8.15. The van der Waals surface area contributed by atoms with Crippen LogP contribution in [-0.2, 0) is 9.53 Å². The van der Waals surface area contributed by atoms with Crippen LogP contribution in [0.25, 0.3) is 0 Å². The number of aliphatic hydroxyl groups is 4. The summed E-state index contributed by atoms with van der Waals surface area (Å²) in [6.07, 6.45) is -5.95. The molecule has 2 atom stereocenters. The number of aliphatic hydroxyl groups excluding tert-OH is 3. The molecule has 0 bridgehead atoms. The summed E-state index contributed by atoms with van der Waals surface area (Å²) in [5.74, 6) is 0. The minimum atomic E-state index is -2.13. The van der Waals surface area contributed by atoms with Crippen LogP contribution in [-0.4, -0.2) is 45.6 Å². The fourth-order valence-electron chi connectivity index (χ4n) is 0.245. The van der Waals surface area contributed by atoms with E-state index in [4.69, 9.17) is 20.4 Å². The quantitative estimate of drug-likeness (QED) is 0.255. The van der Waals surface area contributed by atoms with Gasteiger partial charge < -0.3 is 25.2 Å². The van der Waals surface area contributed by atoms with Crippen molar-refractivity contribution >= 4 is 6.29 Å². The Labute approximate surface area is 56.3 Å². The van der Waals surface area contributed by atoms with Gasteiger partial charge in [0, 0.05) is 0 Å². The minimum absolute atomic E-state index is 0.00833. The van der Waals surface area contributed by atoms with Gasteiger partial charge in [0.15, 0.2) is 6.29 Å². The number of aldehydes is 1. The normalized spacial score (nSPS) is 16.9. The van der Waals surface area contributed by atoms with Gasteiger partial charge in [-0.15, -0.1) is 0 Å². The molecule has 6 nitrogen and oxygen atoms in total. The van der Waals surface area contributed by atoms with Gasteiger partial charge in [-0.05, 0) is 0 Å². The average molecular weight is 152 g/mol. The molecule has 0 rings (SSSR count). The topological polar surface area (TPSA) is 107 Å². The van der Waals surface area contributed by atoms with E-state index < -0.39 is 18.9 Å². The van der Waals surface area contributed by atoms with E-state index in [0.717, 1.165) is 0 Å². The van der Waals surface area contributed by atoms with Crippen molar-refractivity contribution in [3.8, 4) is 0 Å². The van der Waals surface area contributed by atoms with Gasteiger partial charge >= 0.3 is 0 Å². The fraction of sp³-hybridized carbons (Fsp3) is 0.750. The lowest BCUT2D eigenvalue weighted by atomic mass is 10.6. The Balaban J connectivity index is 3.56.